The summed E-state index contributed by atoms with van der Waals surface area (Å²) in [5, 5.41) is 18.9. The molecule has 2 N–H and O–H groups in total. The lowest BCUT2D eigenvalue weighted by Crippen LogP contribution is -2.56. The minimum absolute atomic E-state index is 0.254. The highest BCUT2D eigenvalue weighted by molar-refractivity contribution is 5.93. The minimum atomic E-state index is -1.73. The number of carbonyl (C=O) groups is 2. The van der Waals surface area contributed by atoms with Crippen LogP contribution in [-0.2, 0) is 9.59 Å². The van der Waals surface area contributed by atoms with Gasteiger partial charge in [-0.1, -0.05) is 13.8 Å². The highest BCUT2D eigenvalue weighted by Gasteiger charge is 2.54. The molecule has 0 aromatic carbocycles. The normalized spacial score (nSPS) is 36.9. The Labute approximate surface area is 82.9 Å². The predicted molar refractivity (Wildman–Crippen MR) is 49.8 cm³/mol. The molecule has 0 amide bonds. The van der Waals surface area contributed by atoms with E-state index in [1.807, 2.05) is 0 Å². The average Bonchev–Trinajstić information content (AvgIpc) is 1.95. The minimum Gasteiger partial charge on any atom is -0.481 e. The van der Waals surface area contributed by atoms with E-state index in [-0.39, 0.29) is 12.2 Å². The second-order valence-electron chi connectivity index (χ2n) is 4.83. The van der Waals surface area contributed by atoms with Crippen LogP contribution in [0.25, 0.3) is 0 Å². The molecular weight excluding hydrogens is 184 g/mol. The fraction of sp³-hybridized carbons (Fsp3) is 0.800. The zero-order chi connectivity index (χ0) is 11.1. The van der Waals surface area contributed by atoms with Gasteiger partial charge in [-0.3, -0.25) is 9.59 Å². The van der Waals surface area contributed by atoms with Crippen LogP contribution in [0.2, 0.25) is 0 Å². The number of ketones is 1. The molecule has 0 bridgehead atoms. The maximum atomic E-state index is 11.4. The van der Waals surface area contributed by atoms with Crippen molar-refractivity contribution in [1.29, 1.82) is 0 Å². The van der Waals surface area contributed by atoms with Crippen molar-refractivity contribution in [3.63, 3.8) is 0 Å². The molecule has 0 aromatic heterocycles. The van der Waals surface area contributed by atoms with Gasteiger partial charge in [0.15, 0.2) is 5.78 Å². The molecule has 1 rings (SSSR count). The smallest absolute Gasteiger partial charge is 0.310 e. The van der Waals surface area contributed by atoms with Crippen LogP contribution in [0.1, 0.15) is 33.6 Å². The molecule has 1 saturated carbocycles. The second kappa shape index (κ2) is 3.05. The zero-order valence-corrected chi connectivity index (χ0v) is 8.70. The van der Waals surface area contributed by atoms with Gasteiger partial charge in [0.25, 0.3) is 0 Å². The number of carboxylic acids is 1. The number of aliphatic hydroxyl groups is 1. The average molecular weight is 200 g/mol. The summed E-state index contributed by atoms with van der Waals surface area (Å²) in [4.78, 5) is 22.4. The molecule has 0 radical (unpaired) electrons. The fourth-order valence-corrected chi connectivity index (χ4v) is 2.33. The number of Topliss-reactive ketones (excluding diaryl/α,β-unsaturated/α-hetero) is 1. The first-order valence-electron chi connectivity index (χ1n) is 4.68. The first-order valence-corrected chi connectivity index (χ1v) is 4.68. The summed E-state index contributed by atoms with van der Waals surface area (Å²) in [5.41, 5.74) is -2.27. The van der Waals surface area contributed by atoms with Crippen molar-refractivity contribution in [2.24, 2.45) is 11.3 Å². The first-order chi connectivity index (χ1) is 6.19. The number of carboxylic acid groups (broad SMARTS) is 1. The Morgan fingerprint density at radius 3 is 2.29 bits per heavy atom. The van der Waals surface area contributed by atoms with Crippen molar-refractivity contribution >= 4 is 11.8 Å². The molecule has 1 fully saturated rings. The van der Waals surface area contributed by atoms with E-state index in [1.54, 1.807) is 13.8 Å². The lowest BCUT2D eigenvalue weighted by molar-refractivity contribution is -0.174. The summed E-state index contributed by atoms with van der Waals surface area (Å²) < 4.78 is 0. The number of hydrogen-bond acceptors (Lipinski definition) is 3. The fourth-order valence-electron chi connectivity index (χ4n) is 2.33. The van der Waals surface area contributed by atoms with Gasteiger partial charge in [0, 0.05) is 6.42 Å². The molecule has 1 aliphatic rings. The third-order valence-electron chi connectivity index (χ3n) is 3.15. The van der Waals surface area contributed by atoms with Crippen LogP contribution >= 0.6 is 0 Å². The molecule has 4 nitrogen and oxygen atoms in total. The standard InChI is InChI=1S/C10H16O4/c1-9(2)5-4-6(11)10(3,14)7(9)8(12)13/h7,14H,4-5H2,1-3H3,(H,12,13). The van der Waals surface area contributed by atoms with Crippen LogP contribution in [0.4, 0.5) is 0 Å². The van der Waals surface area contributed by atoms with E-state index in [0.29, 0.717) is 6.42 Å². The molecule has 0 saturated heterocycles. The van der Waals surface area contributed by atoms with E-state index in [2.05, 4.69) is 0 Å². The molecule has 1 aliphatic carbocycles. The lowest BCUT2D eigenvalue weighted by atomic mass is 9.61. The first kappa shape index (κ1) is 11.2. The topological polar surface area (TPSA) is 74.6 Å². The van der Waals surface area contributed by atoms with Gasteiger partial charge in [0.05, 0.1) is 5.92 Å². The Kier molecular flexibility index (Phi) is 2.44. The van der Waals surface area contributed by atoms with E-state index in [4.69, 9.17) is 5.11 Å². The van der Waals surface area contributed by atoms with Gasteiger partial charge in [0.1, 0.15) is 5.60 Å². The molecule has 4 heteroatoms. The van der Waals surface area contributed by atoms with Gasteiger partial charge in [-0.15, -0.1) is 0 Å². The third kappa shape index (κ3) is 1.54. The van der Waals surface area contributed by atoms with Gasteiger partial charge in [0.2, 0.25) is 0 Å². The van der Waals surface area contributed by atoms with E-state index in [0.717, 1.165) is 0 Å². The Morgan fingerprint density at radius 1 is 1.43 bits per heavy atom. The quantitative estimate of drug-likeness (QED) is 0.657. The van der Waals surface area contributed by atoms with Crippen LogP contribution in [0.3, 0.4) is 0 Å². The summed E-state index contributed by atoms with van der Waals surface area (Å²) in [5.74, 6) is -2.49. The van der Waals surface area contributed by atoms with Crippen LogP contribution in [0, 0.1) is 11.3 Å². The Hall–Kier alpha value is -0.900. The summed E-state index contributed by atoms with van der Waals surface area (Å²) in [6, 6.07) is 0. The summed E-state index contributed by atoms with van der Waals surface area (Å²) in [6.45, 7) is 4.84. The van der Waals surface area contributed by atoms with Crippen LogP contribution in [0.5, 0.6) is 0 Å². The van der Waals surface area contributed by atoms with Crippen molar-refractivity contribution in [3.05, 3.63) is 0 Å². The summed E-state index contributed by atoms with van der Waals surface area (Å²) >= 11 is 0. The molecule has 0 heterocycles. The molecule has 0 aromatic rings. The van der Waals surface area contributed by atoms with Gasteiger partial charge >= 0.3 is 5.97 Å². The monoisotopic (exact) mass is 200 g/mol. The molecule has 14 heavy (non-hydrogen) atoms. The molecule has 0 aliphatic heterocycles. The number of hydrogen-bond donors (Lipinski definition) is 2. The van der Waals surface area contributed by atoms with Crippen molar-refractivity contribution < 1.29 is 19.8 Å². The molecule has 80 valence electrons. The van der Waals surface area contributed by atoms with E-state index < -0.39 is 22.9 Å². The third-order valence-corrected chi connectivity index (χ3v) is 3.15. The van der Waals surface area contributed by atoms with Gasteiger partial charge in [-0.25, -0.2) is 0 Å². The van der Waals surface area contributed by atoms with Crippen LogP contribution < -0.4 is 0 Å². The van der Waals surface area contributed by atoms with Gasteiger partial charge in [-0.05, 0) is 18.8 Å². The van der Waals surface area contributed by atoms with Gasteiger partial charge < -0.3 is 10.2 Å². The Morgan fingerprint density at radius 2 is 1.93 bits per heavy atom. The Bertz CT molecular complexity index is 278. The maximum Gasteiger partial charge on any atom is 0.310 e. The largest absolute Gasteiger partial charge is 0.481 e. The molecule has 2 unspecified atom stereocenters. The maximum absolute atomic E-state index is 11.4. The van der Waals surface area contributed by atoms with Gasteiger partial charge in [-0.2, -0.15) is 0 Å². The van der Waals surface area contributed by atoms with Crippen molar-refractivity contribution in [3.8, 4) is 0 Å². The second-order valence-corrected chi connectivity index (χ2v) is 4.83. The van der Waals surface area contributed by atoms with E-state index >= 15 is 0 Å². The lowest BCUT2D eigenvalue weighted by Gasteiger charge is -2.44. The van der Waals surface area contributed by atoms with Crippen LogP contribution in [-0.4, -0.2) is 27.6 Å². The SMILES string of the molecule is CC1(C)CCC(=O)C(C)(O)C1C(=O)O. The molecular formula is C10H16O4. The van der Waals surface area contributed by atoms with Crippen molar-refractivity contribution in [2.45, 2.75) is 39.2 Å². The van der Waals surface area contributed by atoms with Crippen LogP contribution in [0.15, 0.2) is 0 Å². The molecule has 2 atom stereocenters. The molecule has 0 spiro atoms. The number of carbonyl (C=O) groups excluding carboxylic acids is 1. The van der Waals surface area contributed by atoms with Crippen molar-refractivity contribution in [1.82, 2.24) is 0 Å². The highest BCUT2D eigenvalue weighted by atomic mass is 16.4. The Balaban J connectivity index is 3.13. The van der Waals surface area contributed by atoms with E-state index in [1.165, 1.54) is 6.92 Å². The number of rotatable bonds is 1. The predicted octanol–water partition coefficient (Wildman–Crippen LogP) is 0.827. The summed E-state index contributed by atoms with van der Waals surface area (Å²) in [7, 11) is 0. The highest BCUT2D eigenvalue weighted by Crippen LogP contribution is 2.44. The summed E-state index contributed by atoms with van der Waals surface area (Å²) in [6.07, 6.45) is 0.767. The van der Waals surface area contributed by atoms with Crippen molar-refractivity contribution in [2.75, 3.05) is 0 Å². The van der Waals surface area contributed by atoms with E-state index in [9.17, 15) is 14.7 Å². The number of aliphatic carboxylic acids is 1. The zero-order valence-electron chi connectivity index (χ0n) is 8.70.